The number of nitrogens with zero attached hydrogens (tertiary/aromatic N) is 2. The molecular formula is C11H16ClN3O2. The molecular weight excluding hydrogens is 242 g/mol. The van der Waals surface area contributed by atoms with Crippen molar-refractivity contribution < 1.29 is 9.32 Å². The summed E-state index contributed by atoms with van der Waals surface area (Å²) in [7, 11) is 0. The van der Waals surface area contributed by atoms with Gasteiger partial charge in [-0.25, -0.2) is 0 Å². The van der Waals surface area contributed by atoms with Gasteiger partial charge in [-0.15, -0.1) is 0 Å². The van der Waals surface area contributed by atoms with E-state index in [9.17, 15) is 4.79 Å². The summed E-state index contributed by atoms with van der Waals surface area (Å²) >= 11 is 5.85. The number of amides is 1. The van der Waals surface area contributed by atoms with Crippen LogP contribution in [0.25, 0.3) is 0 Å². The van der Waals surface area contributed by atoms with Crippen molar-refractivity contribution in [3.8, 4) is 0 Å². The van der Waals surface area contributed by atoms with Gasteiger partial charge in [0.2, 0.25) is 11.1 Å². The van der Waals surface area contributed by atoms with E-state index in [2.05, 4.69) is 10.5 Å². The SMILES string of the molecule is Cc1noc(Cl)c1CCC(=O)N1CCNCC1. The second-order valence-electron chi connectivity index (χ2n) is 4.15. The third-order valence-corrected chi connectivity index (χ3v) is 3.29. The van der Waals surface area contributed by atoms with Gasteiger partial charge in [-0.2, -0.15) is 0 Å². The van der Waals surface area contributed by atoms with Crippen molar-refractivity contribution in [3.05, 3.63) is 16.5 Å². The Bertz CT molecular complexity index is 380. The molecule has 17 heavy (non-hydrogen) atoms. The minimum absolute atomic E-state index is 0.170. The van der Waals surface area contributed by atoms with Crippen LogP contribution in [0.1, 0.15) is 17.7 Å². The van der Waals surface area contributed by atoms with E-state index in [4.69, 9.17) is 16.1 Å². The van der Waals surface area contributed by atoms with E-state index >= 15 is 0 Å². The van der Waals surface area contributed by atoms with Gasteiger partial charge in [0, 0.05) is 38.2 Å². The fourth-order valence-electron chi connectivity index (χ4n) is 1.94. The Hall–Kier alpha value is -1.07. The minimum Gasteiger partial charge on any atom is -0.344 e. The lowest BCUT2D eigenvalue weighted by Gasteiger charge is -2.27. The van der Waals surface area contributed by atoms with Gasteiger partial charge in [0.25, 0.3) is 0 Å². The topological polar surface area (TPSA) is 58.4 Å². The lowest BCUT2D eigenvalue weighted by Crippen LogP contribution is -2.46. The molecule has 2 rings (SSSR count). The van der Waals surface area contributed by atoms with Crippen molar-refractivity contribution in [3.63, 3.8) is 0 Å². The van der Waals surface area contributed by atoms with Gasteiger partial charge in [-0.05, 0) is 24.9 Å². The number of hydrogen-bond donors (Lipinski definition) is 1. The molecule has 1 amide bonds. The predicted molar refractivity (Wildman–Crippen MR) is 64.0 cm³/mol. The number of nitrogens with one attached hydrogen (secondary N) is 1. The van der Waals surface area contributed by atoms with Gasteiger partial charge in [0.05, 0.1) is 5.69 Å². The van der Waals surface area contributed by atoms with Crippen LogP contribution in [0.15, 0.2) is 4.52 Å². The summed E-state index contributed by atoms with van der Waals surface area (Å²) in [6.07, 6.45) is 1.05. The second kappa shape index (κ2) is 5.51. The van der Waals surface area contributed by atoms with Crippen molar-refractivity contribution in [2.75, 3.05) is 26.2 Å². The van der Waals surface area contributed by atoms with Gasteiger partial charge >= 0.3 is 0 Å². The van der Waals surface area contributed by atoms with Gasteiger partial charge in [-0.1, -0.05) is 5.16 Å². The van der Waals surface area contributed by atoms with Crippen LogP contribution in [0, 0.1) is 6.92 Å². The summed E-state index contributed by atoms with van der Waals surface area (Å²) in [6, 6.07) is 0. The van der Waals surface area contributed by atoms with E-state index in [1.165, 1.54) is 0 Å². The molecule has 0 atom stereocenters. The first-order valence-corrected chi connectivity index (χ1v) is 6.15. The van der Waals surface area contributed by atoms with Crippen LogP contribution in [0.2, 0.25) is 5.22 Å². The molecule has 1 N–H and O–H groups in total. The zero-order chi connectivity index (χ0) is 12.3. The van der Waals surface area contributed by atoms with Crippen LogP contribution in [0.5, 0.6) is 0 Å². The minimum atomic E-state index is 0.170. The molecule has 6 heteroatoms. The number of halogens is 1. The number of hydrogen-bond acceptors (Lipinski definition) is 4. The third-order valence-electron chi connectivity index (χ3n) is 3.00. The lowest BCUT2D eigenvalue weighted by molar-refractivity contribution is -0.131. The van der Waals surface area contributed by atoms with E-state index < -0.39 is 0 Å². The molecule has 2 heterocycles. The van der Waals surface area contributed by atoms with Crippen LogP contribution in [-0.2, 0) is 11.2 Å². The Morgan fingerprint density at radius 1 is 1.53 bits per heavy atom. The molecule has 1 aromatic rings. The number of carbonyl (C=O) groups is 1. The van der Waals surface area contributed by atoms with E-state index in [1.807, 2.05) is 11.8 Å². The van der Waals surface area contributed by atoms with E-state index in [1.54, 1.807) is 0 Å². The molecule has 1 aromatic heterocycles. The summed E-state index contributed by atoms with van der Waals surface area (Å²) in [4.78, 5) is 13.8. The largest absolute Gasteiger partial charge is 0.344 e. The molecule has 0 unspecified atom stereocenters. The molecule has 0 aromatic carbocycles. The zero-order valence-corrected chi connectivity index (χ0v) is 10.6. The molecule has 94 valence electrons. The molecule has 0 spiro atoms. The van der Waals surface area contributed by atoms with Gasteiger partial charge < -0.3 is 14.7 Å². The molecule has 1 aliphatic heterocycles. The highest BCUT2D eigenvalue weighted by Gasteiger charge is 2.18. The Balaban J connectivity index is 1.87. The monoisotopic (exact) mass is 257 g/mol. The maximum Gasteiger partial charge on any atom is 0.229 e. The Morgan fingerprint density at radius 2 is 2.24 bits per heavy atom. The normalized spacial score (nSPS) is 16.2. The van der Waals surface area contributed by atoms with Crippen LogP contribution in [0.3, 0.4) is 0 Å². The Morgan fingerprint density at radius 3 is 2.82 bits per heavy atom. The van der Waals surface area contributed by atoms with Crippen molar-refractivity contribution in [1.82, 2.24) is 15.4 Å². The standard InChI is InChI=1S/C11H16ClN3O2/c1-8-9(11(12)17-14-8)2-3-10(16)15-6-4-13-5-7-15/h13H,2-7H2,1H3. The third kappa shape index (κ3) is 2.98. The summed E-state index contributed by atoms with van der Waals surface area (Å²) < 4.78 is 4.85. The highest BCUT2D eigenvalue weighted by molar-refractivity contribution is 6.29. The highest BCUT2D eigenvalue weighted by atomic mass is 35.5. The number of carbonyl (C=O) groups excluding carboxylic acids is 1. The van der Waals surface area contributed by atoms with E-state index in [0.29, 0.717) is 18.1 Å². The summed E-state index contributed by atoms with van der Waals surface area (Å²) in [6.45, 7) is 5.15. The average molecular weight is 258 g/mol. The van der Waals surface area contributed by atoms with Gasteiger partial charge in [-0.3, -0.25) is 4.79 Å². The van der Waals surface area contributed by atoms with Crippen molar-refractivity contribution >= 4 is 17.5 Å². The fourth-order valence-corrected chi connectivity index (χ4v) is 2.21. The predicted octanol–water partition coefficient (Wildman–Crippen LogP) is 1.00. The molecule has 0 aliphatic carbocycles. The second-order valence-corrected chi connectivity index (χ2v) is 4.49. The first-order valence-electron chi connectivity index (χ1n) is 5.77. The number of aryl methyl sites for hydroxylation is 1. The zero-order valence-electron chi connectivity index (χ0n) is 9.83. The van der Waals surface area contributed by atoms with Crippen LogP contribution in [-0.4, -0.2) is 42.1 Å². The first kappa shape index (κ1) is 12.4. The van der Waals surface area contributed by atoms with Gasteiger partial charge in [0.1, 0.15) is 0 Å². The van der Waals surface area contributed by atoms with Crippen molar-refractivity contribution in [2.45, 2.75) is 19.8 Å². The first-order chi connectivity index (χ1) is 8.18. The van der Waals surface area contributed by atoms with Gasteiger partial charge in [0.15, 0.2) is 0 Å². The summed E-state index contributed by atoms with van der Waals surface area (Å²) in [5, 5.41) is 7.28. The van der Waals surface area contributed by atoms with Crippen LogP contribution >= 0.6 is 11.6 Å². The lowest BCUT2D eigenvalue weighted by atomic mass is 10.1. The summed E-state index contributed by atoms with van der Waals surface area (Å²) in [5.41, 5.74) is 1.61. The highest BCUT2D eigenvalue weighted by Crippen LogP contribution is 2.20. The summed E-state index contributed by atoms with van der Waals surface area (Å²) in [5.74, 6) is 0.170. The number of piperazine rings is 1. The van der Waals surface area contributed by atoms with Crippen molar-refractivity contribution in [2.24, 2.45) is 0 Å². The van der Waals surface area contributed by atoms with Crippen LogP contribution in [0.4, 0.5) is 0 Å². The average Bonchev–Trinajstić information content (AvgIpc) is 2.67. The molecule has 0 radical (unpaired) electrons. The van der Waals surface area contributed by atoms with E-state index in [0.717, 1.165) is 37.4 Å². The molecule has 0 saturated carbocycles. The molecule has 1 aliphatic rings. The molecule has 5 nitrogen and oxygen atoms in total. The van der Waals surface area contributed by atoms with E-state index in [-0.39, 0.29) is 5.91 Å². The molecule has 0 bridgehead atoms. The molecule has 1 fully saturated rings. The maximum absolute atomic E-state index is 11.9. The maximum atomic E-state index is 11.9. The Kier molecular flexibility index (Phi) is 4.02. The van der Waals surface area contributed by atoms with Crippen molar-refractivity contribution in [1.29, 1.82) is 0 Å². The fraction of sp³-hybridized carbons (Fsp3) is 0.636. The Labute approximate surface area is 105 Å². The van der Waals surface area contributed by atoms with Crippen LogP contribution < -0.4 is 5.32 Å². The number of rotatable bonds is 3. The smallest absolute Gasteiger partial charge is 0.229 e. The quantitative estimate of drug-likeness (QED) is 0.878. The molecule has 1 saturated heterocycles. The number of aromatic nitrogens is 1.